The van der Waals surface area contributed by atoms with E-state index in [1.807, 2.05) is 24.4 Å². The topological polar surface area (TPSA) is 20.3 Å². The molecule has 0 spiro atoms. The first-order valence-corrected chi connectivity index (χ1v) is 7.07. The van der Waals surface area contributed by atoms with Crippen molar-refractivity contribution in [1.82, 2.24) is 4.90 Å². The molecule has 1 heterocycles. The number of halogens is 1. The number of carbonyl (C=O) groups is 1. The molecule has 1 amide bonds. The number of amides is 1. The third kappa shape index (κ3) is 3.20. The molecule has 0 fully saturated rings. The summed E-state index contributed by atoms with van der Waals surface area (Å²) in [6.07, 6.45) is 0. The molecule has 100 valence electrons. The van der Waals surface area contributed by atoms with Crippen LogP contribution in [0, 0.1) is 12.7 Å². The lowest BCUT2D eigenvalue weighted by atomic mass is 10.1. The molecule has 0 atom stereocenters. The zero-order chi connectivity index (χ0) is 13.8. The number of nitrogens with zero attached hydrogens (tertiary/aromatic N) is 1. The van der Waals surface area contributed by atoms with Crippen LogP contribution in [-0.2, 0) is 6.54 Å². The normalized spacial score (nSPS) is 10.5. The molecule has 0 bridgehead atoms. The van der Waals surface area contributed by atoms with E-state index in [4.69, 9.17) is 0 Å². The minimum absolute atomic E-state index is 0.143. The second-order valence-corrected chi connectivity index (χ2v) is 5.41. The van der Waals surface area contributed by atoms with Gasteiger partial charge >= 0.3 is 0 Å². The molecule has 0 aliphatic carbocycles. The molecule has 1 aromatic heterocycles. The maximum atomic E-state index is 13.8. The summed E-state index contributed by atoms with van der Waals surface area (Å²) >= 11 is 1.60. The fraction of sp³-hybridized carbons (Fsp3) is 0.267. The first kappa shape index (κ1) is 13.7. The zero-order valence-corrected chi connectivity index (χ0v) is 11.8. The minimum Gasteiger partial charge on any atom is -0.334 e. The van der Waals surface area contributed by atoms with Crippen molar-refractivity contribution in [2.75, 3.05) is 6.54 Å². The predicted molar refractivity (Wildman–Crippen MR) is 75.9 cm³/mol. The van der Waals surface area contributed by atoms with Gasteiger partial charge in [0.25, 0.3) is 5.91 Å². The van der Waals surface area contributed by atoms with Crippen LogP contribution >= 0.6 is 11.3 Å². The lowest BCUT2D eigenvalue weighted by molar-refractivity contribution is 0.0749. The van der Waals surface area contributed by atoms with E-state index in [0.29, 0.717) is 13.1 Å². The third-order valence-electron chi connectivity index (χ3n) is 2.95. The molecule has 2 aromatic rings. The summed E-state index contributed by atoms with van der Waals surface area (Å²) in [7, 11) is 0. The molecule has 4 heteroatoms. The fourth-order valence-corrected chi connectivity index (χ4v) is 2.60. The number of benzene rings is 1. The predicted octanol–water partition coefficient (Wildman–Crippen LogP) is 3.86. The molecule has 2 rings (SSSR count). The number of hydrogen-bond donors (Lipinski definition) is 0. The highest BCUT2D eigenvalue weighted by atomic mass is 32.1. The molecule has 0 aliphatic rings. The highest BCUT2D eigenvalue weighted by Gasteiger charge is 2.18. The third-order valence-corrected chi connectivity index (χ3v) is 3.81. The van der Waals surface area contributed by atoms with Gasteiger partial charge in [0.05, 0.1) is 12.1 Å². The van der Waals surface area contributed by atoms with Crippen LogP contribution < -0.4 is 0 Å². The van der Waals surface area contributed by atoms with Gasteiger partial charge in [0.2, 0.25) is 0 Å². The average molecular weight is 277 g/mol. The van der Waals surface area contributed by atoms with Crippen LogP contribution in [0.1, 0.15) is 27.7 Å². The number of thiophene rings is 1. The second-order valence-electron chi connectivity index (χ2n) is 4.38. The largest absolute Gasteiger partial charge is 0.334 e. The second kappa shape index (κ2) is 5.97. The van der Waals surface area contributed by atoms with Crippen LogP contribution in [0.3, 0.4) is 0 Å². The van der Waals surface area contributed by atoms with Crippen molar-refractivity contribution in [1.29, 1.82) is 0 Å². The Morgan fingerprint density at radius 2 is 2.16 bits per heavy atom. The van der Waals surface area contributed by atoms with Gasteiger partial charge < -0.3 is 4.90 Å². The summed E-state index contributed by atoms with van der Waals surface area (Å²) in [5.74, 6) is -0.706. The van der Waals surface area contributed by atoms with Gasteiger partial charge in [-0.25, -0.2) is 4.39 Å². The van der Waals surface area contributed by atoms with E-state index in [1.165, 1.54) is 6.07 Å². The van der Waals surface area contributed by atoms with Gasteiger partial charge in [-0.2, -0.15) is 0 Å². The molecular weight excluding hydrogens is 261 g/mol. The van der Waals surface area contributed by atoms with Crippen LogP contribution in [0.2, 0.25) is 0 Å². The smallest absolute Gasteiger partial charge is 0.257 e. The van der Waals surface area contributed by atoms with Crippen molar-refractivity contribution in [3.05, 3.63) is 57.5 Å². The van der Waals surface area contributed by atoms with Crippen LogP contribution in [0.15, 0.2) is 35.7 Å². The van der Waals surface area contributed by atoms with E-state index in [-0.39, 0.29) is 11.5 Å². The Morgan fingerprint density at radius 3 is 2.74 bits per heavy atom. The van der Waals surface area contributed by atoms with E-state index >= 15 is 0 Å². The highest BCUT2D eigenvalue weighted by molar-refractivity contribution is 7.09. The summed E-state index contributed by atoms with van der Waals surface area (Å²) in [5, 5.41) is 1.97. The van der Waals surface area contributed by atoms with E-state index in [9.17, 15) is 9.18 Å². The molecule has 0 saturated carbocycles. The van der Waals surface area contributed by atoms with E-state index < -0.39 is 5.82 Å². The standard InChI is InChI=1S/C15H16FNOS/c1-3-17(10-12-5-4-8-19-12)15(18)13-7-6-11(2)9-14(13)16/h4-9H,3,10H2,1-2H3. The molecule has 0 unspecified atom stereocenters. The number of rotatable bonds is 4. The number of hydrogen-bond acceptors (Lipinski definition) is 2. The quantitative estimate of drug-likeness (QED) is 0.831. The summed E-state index contributed by atoms with van der Waals surface area (Å²) in [6, 6.07) is 8.64. The van der Waals surface area contributed by atoms with E-state index in [2.05, 4.69) is 0 Å². The molecule has 19 heavy (non-hydrogen) atoms. The number of carbonyl (C=O) groups excluding carboxylic acids is 1. The molecule has 2 nitrogen and oxygen atoms in total. The Labute approximate surface area is 116 Å². The van der Waals surface area contributed by atoms with Gasteiger partial charge in [-0.05, 0) is 43.0 Å². The summed E-state index contributed by atoms with van der Waals surface area (Å²) in [5.41, 5.74) is 0.958. The summed E-state index contributed by atoms with van der Waals surface area (Å²) in [6.45, 7) is 4.79. The lowest BCUT2D eigenvalue weighted by Crippen LogP contribution is -2.30. The summed E-state index contributed by atoms with van der Waals surface area (Å²) < 4.78 is 13.8. The Bertz CT molecular complexity index is 566. The van der Waals surface area contributed by atoms with Gasteiger partial charge in [-0.1, -0.05) is 12.1 Å². The van der Waals surface area contributed by atoms with Crippen molar-refractivity contribution in [3.63, 3.8) is 0 Å². The Morgan fingerprint density at radius 1 is 1.37 bits per heavy atom. The SMILES string of the molecule is CCN(Cc1cccs1)C(=O)c1ccc(C)cc1F. The van der Waals surface area contributed by atoms with Crippen molar-refractivity contribution in [2.45, 2.75) is 20.4 Å². The van der Waals surface area contributed by atoms with Gasteiger partial charge in [0, 0.05) is 11.4 Å². The van der Waals surface area contributed by atoms with Crippen molar-refractivity contribution < 1.29 is 9.18 Å². The van der Waals surface area contributed by atoms with E-state index in [0.717, 1.165) is 10.4 Å². The molecule has 1 aromatic carbocycles. The molecule has 0 radical (unpaired) electrons. The Balaban J connectivity index is 2.20. The average Bonchev–Trinajstić information content (AvgIpc) is 2.88. The molecule has 0 saturated heterocycles. The van der Waals surface area contributed by atoms with Crippen LogP contribution in [0.25, 0.3) is 0 Å². The van der Waals surface area contributed by atoms with Crippen molar-refractivity contribution >= 4 is 17.2 Å². The van der Waals surface area contributed by atoms with Crippen molar-refractivity contribution in [2.24, 2.45) is 0 Å². The van der Waals surface area contributed by atoms with Crippen LogP contribution in [0.4, 0.5) is 4.39 Å². The van der Waals surface area contributed by atoms with Crippen LogP contribution in [-0.4, -0.2) is 17.4 Å². The van der Waals surface area contributed by atoms with Gasteiger partial charge in [-0.3, -0.25) is 4.79 Å². The van der Waals surface area contributed by atoms with Crippen molar-refractivity contribution in [3.8, 4) is 0 Å². The Kier molecular flexibility index (Phi) is 4.32. The Hall–Kier alpha value is -1.68. The summed E-state index contributed by atoms with van der Waals surface area (Å²) in [4.78, 5) is 15.1. The van der Waals surface area contributed by atoms with Gasteiger partial charge in [0.1, 0.15) is 5.82 Å². The maximum absolute atomic E-state index is 13.8. The molecule has 0 N–H and O–H groups in total. The highest BCUT2D eigenvalue weighted by Crippen LogP contribution is 2.16. The van der Waals surface area contributed by atoms with Gasteiger partial charge in [0.15, 0.2) is 0 Å². The monoisotopic (exact) mass is 277 g/mol. The lowest BCUT2D eigenvalue weighted by Gasteiger charge is -2.20. The van der Waals surface area contributed by atoms with Gasteiger partial charge in [-0.15, -0.1) is 11.3 Å². The number of aryl methyl sites for hydroxylation is 1. The first-order chi connectivity index (χ1) is 9.11. The first-order valence-electron chi connectivity index (χ1n) is 6.19. The minimum atomic E-state index is -0.449. The zero-order valence-electron chi connectivity index (χ0n) is 11.0. The van der Waals surface area contributed by atoms with Crippen LogP contribution in [0.5, 0.6) is 0 Å². The van der Waals surface area contributed by atoms with E-state index in [1.54, 1.807) is 35.3 Å². The molecular formula is C15H16FNOS. The molecule has 0 aliphatic heterocycles. The maximum Gasteiger partial charge on any atom is 0.257 e. The fourth-order valence-electron chi connectivity index (χ4n) is 1.88.